The van der Waals surface area contributed by atoms with E-state index in [1.807, 2.05) is 65.2 Å². The molecule has 0 aliphatic heterocycles. The van der Waals surface area contributed by atoms with Crippen LogP contribution >= 0.6 is 0 Å². The van der Waals surface area contributed by atoms with Gasteiger partial charge in [-0.15, -0.1) is 0 Å². The molecule has 5 N–H and O–H groups in total. The first-order valence-corrected chi connectivity index (χ1v) is 10.1. The Kier molecular flexibility index (Phi) is 6.03. The lowest BCUT2D eigenvalue weighted by Crippen LogP contribution is -2.25. The summed E-state index contributed by atoms with van der Waals surface area (Å²) in [6, 6.07) is 22.4. The van der Waals surface area contributed by atoms with Gasteiger partial charge in [-0.05, 0) is 36.8 Å². The highest BCUT2D eigenvalue weighted by molar-refractivity contribution is 6.03. The Labute approximate surface area is 189 Å². The van der Waals surface area contributed by atoms with Crippen LogP contribution in [0.3, 0.4) is 0 Å². The normalized spacial score (nSPS) is 10.6. The minimum Gasteiger partial charge on any atom is -0.370 e. The van der Waals surface area contributed by atoms with E-state index in [2.05, 4.69) is 15.5 Å². The molecule has 0 spiro atoms. The van der Waals surface area contributed by atoms with Crippen LogP contribution in [-0.4, -0.2) is 27.5 Å². The number of anilines is 1. The quantitative estimate of drug-likeness (QED) is 0.309. The number of rotatable bonds is 6. The summed E-state index contributed by atoms with van der Waals surface area (Å²) in [4.78, 5) is 28.5. The van der Waals surface area contributed by atoms with Crippen LogP contribution in [0.5, 0.6) is 0 Å². The van der Waals surface area contributed by atoms with Crippen molar-refractivity contribution in [3.8, 4) is 22.5 Å². The predicted molar refractivity (Wildman–Crippen MR) is 125 cm³/mol. The molecule has 0 aliphatic rings. The van der Waals surface area contributed by atoms with Crippen molar-refractivity contribution in [3.05, 3.63) is 84.3 Å². The molecule has 2 amide bonds. The van der Waals surface area contributed by atoms with E-state index in [0.29, 0.717) is 11.4 Å². The van der Waals surface area contributed by atoms with Crippen LogP contribution in [-0.2, 0) is 11.3 Å². The molecule has 4 aromatic rings. The maximum atomic E-state index is 12.5. The molecular formula is C24H22N6O3. The average Bonchev–Trinajstić information content (AvgIpc) is 3.40. The molecule has 0 bridgehead atoms. The fraction of sp³-hybridized carbons (Fsp3) is 0.0833. The number of hydrogen-bond acceptors (Lipinski definition) is 4. The standard InChI is InChI=1S/C24H22N6O3/c1-15-12-19(29-33-15)23(32)27-18-9-5-8-17(13-18)21-11-10-20(16-6-3-2-4-7-16)30(21)14-22(31)28-24(25)26/h2-13H,14H2,1H3,(H,27,32)(H4,25,26,28,31). The third-order valence-electron chi connectivity index (χ3n) is 4.87. The van der Waals surface area contributed by atoms with E-state index in [9.17, 15) is 9.59 Å². The number of amides is 2. The summed E-state index contributed by atoms with van der Waals surface area (Å²) in [7, 11) is 0. The van der Waals surface area contributed by atoms with Gasteiger partial charge in [0, 0.05) is 28.7 Å². The van der Waals surface area contributed by atoms with Crippen molar-refractivity contribution in [2.45, 2.75) is 13.5 Å². The van der Waals surface area contributed by atoms with Crippen molar-refractivity contribution in [3.63, 3.8) is 0 Å². The molecule has 0 atom stereocenters. The maximum absolute atomic E-state index is 12.5. The van der Waals surface area contributed by atoms with E-state index in [4.69, 9.17) is 16.0 Å². The number of carbonyl (C=O) groups excluding carboxylic acids is 2. The van der Waals surface area contributed by atoms with E-state index in [1.165, 1.54) is 0 Å². The second kappa shape index (κ2) is 9.23. The number of aliphatic imine (C=N–C) groups is 1. The number of carbonyl (C=O) groups is 2. The van der Waals surface area contributed by atoms with Crippen molar-refractivity contribution >= 4 is 23.5 Å². The first-order valence-electron chi connectivity index (χ1n) is 10.1. The predicted octanol–water partition coefficient (Wildman–Crippen LogP) is 3.17. The number of nitrogens with zero attached hydrogens (tertiary/aromatic N) is 3. The molecular weight excluding hydrogens is 420 g/mol. The number of aryl methyl sites for hydroxylation is 1. The number of nitrogens with two attached hydrogens (primary N) is 2. The first-order chi connectivity index (χ1) is 15.9. The summed E-state index contributed by atoms with van der Waals surface area (Å²) in [5.41, 5.74) is 14.9. The molecule has 0 saturated heterocycles. The zero-order valence-corrected chi connectivity index (χ0v) is 17.9. The lowest BCUT2D eigenvalue weighted by molar-refractivity contribution is -0.118. The Morgan fingerprint density at radius 2 is 1.67 bits per heavy atom. The van der Waals surface area contributed by atoms with E-state index in [1.54, 1.807) is 19.1 Å². The van der Waals surface area contributed by atoms with Gasteiger partial charge < -0.3 is 25.9 Å². The van der Waals surface area contributed by atoms with Gasteiger partial charge in [0.1, 0.15) is 12.3 Å². The Hall–Kier alpha value is -4.66. The Morgan fingerprint density at radius 1 is 0.970 bits per heavy atom. The average molecular weight is 442 g/mol. The van der Waals surface area contributed by atoms with Gasteiger partial charge in [0.05, 0.1) is 0 Å². The smallest absolute Gasteiger partial charge is 0.277 e. The van der Waals surface area contributed by atoms with E-state index < -0.39 is 5.91 Å². The maximum Gasteiger partial charge on any atom is 0.277 e. The number of aromatic nitrogens is 2. The minimum absolute atomic E-state index is 0.0563. The van der Waals surface area contributed by atoms with Gasteiger partial charge in [0.2, 0.25) is 0 Å². The zero-order valence-electron chi connectivity index (χ0n) is 17.9. The molecule has 0 unspecified atom stereocenters. The van der Waals surface area contributed by atoms with E-state index >= 15 is 0 Å². The summed E-state index contributed by atoms with van der Waals surface area (Å²) >= 11 is 0. The van der Waals surface area contributed by atoms with Crippen LogP contribution < -0.4 is 16.8 Å². The molecule has 4 rings (SSSR count). The SMILES string of the molecule is Cc1cc(C(=O)Nc2cccc(-c3ccc(-c4ccccc4)n3CC(=O)N=C(N)N)c2)no1. The lowest BCUT2D eigenvalue weighted by atomic mass is 10.1. The van der Waals surface area contributed by atoms with E-state index in [-0.39, 0.29) is 24.1 Å². The summed E-state index contributed by atoms with van der Waals surface area (Å²) in [6.45, 7) is 1.66. The van der Waals surface area contributed by atoms with Crippen LogP contribution in [0, 0.1) is 6.92 Å². The Morgan fingerprint density at radius 3 is 2.33 bits per heavy atom. The van der Waals surface area contributed by atoms with Crippen molar-refractivity contribution < 1.29 is 14.1 Å². The lowest BCUT2D eigenvalue weighted by Gasteiger charge is -2.13. The second-order valence-corrected chi connectivity index (χ2v) is 7.34. The number of hydrogen-bond donors (Lipinski definition) is 3. The number of guanidine groups is 1. The molecule has 0 radical (unpaired) electrons. The molecule has 2 heterocycles. The highest BCUT2D eigenvalue weighted by Crippen LogP contribution is 2.30. The molecule has 9 nitrogen and oxygen atoms in total. The number of benzene rings is 2. The van der Waals surface area contributed by atoms with Crippen LogP contribution in [0.25, 0.3) is 22.5 Å². The summed E-state index contributed by atoms with van der Waals surface area (Å²) < 4.78 is 6.81. The number of nitrogens with one attached hydrogen (secondary N) is 1. The highest BCUT2D eigenvalue weighted by Gasteiger charge is 2.16. The van der Waals surface area contributed by atoms with Crippen LogP contribution in [0.1, 0.15) is 16.2 Å². The Balaban J connectivity index is 1.70. The molecule has 9 heteroatoms. The van der Waals surface area contributed by atoms with E-state index in [0.717, 1.165) is 22.5 Å². The third kappa shape index (κ3) is 4.99. The van der Waals surface area contributed by atoms with Gasteiger partial charge in [-0.25, -0.2) is 0 Å². The van der Waals surface area contributed by atoms with Crippen molar-refractivity contribution in [2.75, 3.05) is 5.32 Å². The van der Waals surface area contributed by atoms with Gasteiger partial charge in [-0.3, -0.25) is 9.59 Å². The van der Waals surface area contributed by atoms with Gasteiger partial charge in [0.25, 0.3) is 11.8 Å². The summed E-state index contributed by atoms with van der Waals surface area (Å²) in [5.74, 6) is -0.601. The molecule has 0 fully saturated rings. The van der Waals surface area contributed by atoms with Crippen LogP contribution in [0.15, 0.2) is 82.3 Å². The highest BCUT2D eigenvalue weighted by atomic mass is 16.5. The zero-order chi connectivity index (χ0) is 23.4. The summed E-state index contributed by atoms with van der Waals surface area (Å²) in [6.07, 6.45) is 0. The molecule has 0 aliphatic carbocycles. The second-order valence-electron chi connectivity index (χ2n) is 7.34. The largest absolute Gasteiger partial charge is 0.370 e. The molecule has 166 valence electrons. The Bertz CT molecular complexity index is 1330. The van der Waals surface area contributed by atoms with Crippen LogP contribution in [0.4, 0.5) is 5.69 Å². The van der Waals surface area contributed by atoms with Gasteiger partial charge >= 0.3 is 0 Å². The van der Waals surface area contributed by atoms with Crippen molar-refractivity contribution in [1.82, 2.24) is 9.72 Å². The molecule has 2 aromatic heterocycles. The van der Waals surface area contributed by atoms with Gasteiger partial charge in [-0.2, -0.15) is 4.99 Å². The van der Waals surface area contributed by atoms with Gasteiger partial charge in [0.15, 0.2) is 11.7 Å². The van der Waals surface area contributed by atoms with Crippen molar-refractivity contribution in [2.24, 2.45) is 16.5 Å². The third-order valence-corrected chi connectivity index (χ3v) is 4.87. The molecule has 33 heavy (non-hydrogen) atoms. The minimum atomic E-state index is -0.476. The monoisotopic (exact) mass is 442 g/mol. The van der Waals surface area contributed by atoms with Gasteiger partial charge in [-0.1, -0.05) is 47.6 Å². The molecule has 2 aromatic carbocycles. The van der Waals surface area contributed by atoms with Crippen molar-refractivity contribution in [1.29, 1.82) is 0 Å². The summed E-state index contributed by atoms with van der Waals surface area (Å²) in [5, 5.41) is 6.55. The van der Waals surface area contributed by atoms with Crippen LogP contribution in [0.2, 0.25) is 0 Å². The molecule has 0 saturated carbocycles. The first kappa shape index (κ1) is 21.6. The fourth-order valence-corrected chi connectivity index (χ4v) is 3.49. The topological polar surface area (TPSA) is 142 Å². The fourth-order valence-electron chi connectivity index (χ4n) is 3.49.